The molecule has 0 radical (unpaired) electrons. The minimum atomic E-state index is 0.458. The van der Waals surface area contributed by atoms with Gasteiger partial charge in [0, 0.05) is 22.5 Å². The van der Waals surface area contributed by atoms with Crippen LogP contribution < -0.4 is 11.5 Å². The van der Waals surface area contributed by atoms with E-state index in [-0.39, 0.29) is 0 Å². The summed E-state index contributed by atoms with van der Waals surface area (Å²) in [6.07, 6.45) is 0. The van der Waals surface area contributed by atoms with E-state index in [1.165, 1.54) is 0 Å². The second kappa shape index (κ2) is 5.74. The van der Waals surface area contributed by atoms with Gasteiger partial charge in [-0.2, -0.15) is 0 Å². The van der Waals surface area contributed by atoms with E-state index in [0.29, 0.717) is 11.4 Å². The van der Waals surface area contributed by atoms with E-state index in [0.717, 1.165) is 27.9 Å². The molecular formula is C19H17N3. The molecule has 3 aromatic rings. The van der Waals surface area contributed by atoms with E-state index >= 15 is 0 Å². The fraction of sp³-hybridized carbons (Fsp3) is 0. The highest BCUT2D eigenvalue weighted by Crippen LogP contribution is 2.28. The van der Waals surface area contributed by atoms with Crippen molar-refractivity contribution in [3.05, 3.63) is 83.9 Å². The second-order valence-corrected chi connectivity index (χ2v) is 5.17. The van der Waals surface area contributed by atoms with E-state index in [1.54, 1.807) is 0 Å². The molecule has 0 aromatic heterocycles. The number of nitrogens with two attached hydrogens (primary N) is 2. The molecule has 0 spiro atoms. The quantitative estimate of drug-likeness (QED) is 0.504. The summed E-state index contributed by atoms with van der Waals surface area (Å²) >= 11 is 0. The Morgan fingerprint density at radius 2 is 1.36 bits per heavy atom. The van der Waals surface area contributed by atoms with Crippen LogP contribution in [-0.2, 0) is 0 Å². The van der Waals surface area contributed by atoms with Gasteiger partial charge in [-0.3, -0.25) is 5.41 Å². The summed E-state index contributed by atoms with van der Waals surface area (Å²) < 4.78 is 0. The third-order valence-corrected chi connectivity index (χ3v) is 3.60. The van der Waals surface area contributed by atoms with Crippen LogP contribution in [0.5, 0.6) is 0 Å². The van der Waals surface area contributed by atoms with E-state index in [9.17, 15) is 0 Å². The molecule has 3 aromatic carbocycles. The highest BCUT2D eigenvalue weighted by atomic mass is 14.6. The van der Waals surface area contributed by atoms with Crippen LogP contribution in [0, 0.1) is 5.41 Å². The summed E-state index contributed by atoms with van der Waals surface area (Å²) in [6.45, 7) is 0. The molecule has 108 valence electrons. The fourth-order valence-corrected chi connectivity index (χ4v) is 2.44. The zero-order valence-corrected chi connectivity index (χ0v) is 12.1. The van der Waals surface area contributed by atoms with E-state index in [4.69, 9.17) is 16.9 Å². The van der Waals surface area contributed by atoms with Crippen molar-refractivity contribution in [1.29, 1.82) is 5.41 Å². The molecule has 0 aliphatic heterocycles. The molecule has 3 nitrogen and oxygen atoms in total. The lowest BCUT2D eigenvalue weighted by molar-refractivity contribution is 1.45. The Hall–Kier alpha value is -3.07. The summed E-state index contributed by atoms with van der Waals surface area (Å²) in [5, 5.41) is 8.52. The van der Waals surface area contributed by atoms with Crippen LogP contribution >= 0.6 is 0 Å². The molecular weight excluding hydrogens is 270 g/mol. The Morgan fingerprint density at radius 1 is 0.727 bits per heavy atom. The Balaban J connectivity index is 2.13. The molecule has 0 saturated carbocycles. The first-order chi connectivity index (χ1) is 10.6. The largest absolute Gasteiger partial charge is 0.399 e. The molecule has 0 bridgehead atoms. The normalized spacial score (nSPS) is 10.4. The molecule has 0 fully saturated rings. The third-order valence-electron chi connectivity index (χ3n) is 3.60. The molecule has 3 heteroatoms. The molecule has 0 atom stereocenters. The van der Waals surface area contributed by atoms with Gasteiger partial charge < -0.3 is 11.5 Å². The average molecular weight is 287 g/mol. The van der Waals surface area contributed by atoms with Crippen molar-refractivity contribution in [2.45, 2.75) is 0 Å². The van der Waals surface area contributed by atoms with Crippen LogP contribution in [0.1, 0.15) is 11.1 Å². The first-order valence-corrected chi connectivity index (χ1v) is 7.05. The van der Waals surface area contributed by atoms with Crippen molar-refractivity contribution in [3.63, 3.8) is 0 Å². The summed E-state index contributed by atoms with van der Waals surface area (Å²) in [5.41, 5.74) is 17.2. The Morgan fingerprint density at radius 3 is 2.05 bits per heavy atom. The van der Waals surface area contributed by atoms with Crippen LogP contribution in [0.2, 0.25) is 0 Å². The molecule has 0 unspecified atom stereocenters. The molecule has 22 heavy (non-hydrogen) atoms. The van der Waals surface area contributed by atoms with Crippen LogP contribution in [0.15, 0.2) is 72.8 Å². The monoisotopic (exact) mass is 287 g/mol. The molecule has 0 aliphatic rings. The molecule has 0 aliphatic carbocycles. The van der Waals surface area contributed by atoms with Crippen LogP contribution in [-0.4, -0.2) is 5.71 Å². The maximum Gasteiger partial charge on any atom is 0.0691 e. The third kappa shape index (κ3) is 2.69. The summed E-state index contributed by atoms with van der Waals surface area (Å²) in [5.74, 6) is 0. The van der Waals surface area contributed by atoms with Gasteiger partial charge in [0.05, 0.1) is 5.71 Å². The molecule has 3 rings (SSSR count). The Kier molecular flexibility index (Phi) is 3.62. The predicted octanol–water partition coefficient (Wildman–Crippen LogP) is 3.93. The highest BCUT2D eigenvalue weighted by Gasteiger charge is 2.12. The van der Waals surface area contributed by atoms with Crippen molar-refractivity contribution in [3.8, 4) is 11.1 Å². The lowest BCUT2D eigenvalue weighted by atomic mass is 9.93. The topological polar surface area (TPSA) is 75.9 Å². The predicted molar refractivity (Wildman–Crippen MR) is 93.1 cm³/mol. The molecule has 0 amide bonds. The zero-order chi connectivity index (χ0) is 15.5. The van der Waals surface area contributed by atoms with Crippen LogP contribution in [0.3, 0.4) is 0 Å². The highest BCUT2D eigenvalue weighted by molar-refractivity contribution is 6.15. The van der Waals surface area contributed by atoms with Gasteiger partial charge in [0.1, 0.15) is 0 Å². The van der Waals surface area contributed by atoms with Gasteiger partial charge in [-0.1, -0.05) is 48.5 Å². The van der Waals surface area contributed by atoms with Crippen molar-refractivity contribution in [2.24, 2.45) is 0 Å². The number of rotatable bonds is 3. The lowest BCUT2D eigenvalue weighted by Gasteiger charge is -2.12. The van der Waals surface area contributed by atoms with Crippen molar-refractivity contribution in [2.75, 3.05) is 11.5 Å². The summed E-state index contributed by atoms with van der Waals surface area (Å²) in [7, 11) is 0. The number of hydrogen-bond donors (Lipinski definition) is 3. The summed E-state index contributed by atoms with van der Waals surface area (Å²) in [6, 6.07) is 23.0. The zero-order valence-electron chi connectivity index (χ0n) is 12.1. The number of nitrogens with one attached hydrogen (secondary N) is 1. The van der Waals surface area contributed by atoms with Gasteiger partial charge in [-0.15, -0.1) is 0 Å². The van der Waals surface area contributed by atoms with E-state index in [2.05, 4.69) is 0 Å². The van der Waals surface area contributed by atoms with Crippen LogP contribution in [0.25, 0.3) is 11.1 Å². The second-order valence-electron chi connectivity index (χ2n) is 5.17. The number of benzene rings is 3. The first kappa shape index (κ1) is 13.9. The maximum atomic E-state index is 8.52. The van der Waals surface area contributed by atoms with Gasteiger partial charge in [0.25, 0.3) is 0 Å². The molecule has 5 N–H and O–H groups in total. The first-order valence-electron chi connectivity index (χ1n) is 7.05. The minimum absolute atomic E-state index is 0.458. The number of nitrogen functional groups attached to an aromatic ring is 2. The fourth-order valence-electron chi connectivity index (χ4n) is 2.44. The summed E-state index contributed by atoms with van der Waals surface area (Å²) in [4.78, 5) is 0. The standard InChI is InChI=1S/C19H17N3/c20-15-8-6-13(7-9-15)17-11-10-16(21)12-18(17)19(22)14-4-2-1-3-5-14/h1-12,22H,20-21H2. The smallest absolute Gasteiger partial charge is 0.0691 e. The molecule has 0 saturated heterocycles. The lowest BCUT2D eigenvalue weighted by Crippen LogP contribution is -2.04. The van der Waals surface area contributed by atoms with Crippen molar-refractivity contribution < 1.29 is 0 Å². The Bertz CT molecular complexity index is 806. The Labute approximate surface area is 129 Å². The number of anilines is 2. The van der Waals surface area contributed by atoms with Gasteiger partial charge in [-0.25, -0.2) is 0 Å². The molecule has 0 heterocycles. The SMILES string of the molecule is N=C(c1ccccc1)c1cc(N)ccc1-c1ccc(N)cc1. The van der Waals surface area contributed by atoms with Gasteiger partial charge in [-0.05, 0) is 35.4 Å². The maximum absolute atomic E-state index is 8.52. The van der Waals surface area contributed by atoms with Gasteiger partial charge >= 0.3 is 0 Å². The van der Waals surface area contributed by atoms with E-state index in [1.807, 2.05) is 72.8 Å². The number of hydrogen-bond acceptors (Lipinski definition) is 3. The van der Waals surface area contributed by atoms with Gasteiger partial charge in [0.15, 0.2) is 0 Å². The minimum Gasteiger partial charge on any atom is -0.399 e. The van der Waals surface area contributed by atoms with Crippen molar-refractivity contribution in [1.82, 2.24) is 0 Å². The van der Waals surface area contributed by atoms with Crippen LogP contribution in [0.4, 0.5) is 11.4 Å². The van der Waals surface area contributed by atoms with E-state index < -0.39 is 0 Å². The average Bonchev–Trinajstić information content (AvgIpc) is 2.56. The van der Waals surface area contributed by atoms with Crippen molar-refractivity contribution >= 4 is 17.1 Å². The van der Waals surface area contributed by atoms with Gasteiger partial charge in [0.2, 0.25) is 0 Å².